The van der Waals surface area contributed by atoms with Crippen LogP contribution in [0, 0.1) is 12.3 Å². The van der Waals surface area contributed by atoms with Crippen LogP contribution < -0.4 is 5.73 Å². The molecular formula is C7H9NO2. The highest BCUT2D eigenvalue weighted by molar-refractivity contribution is 5.73. The molecule has 0 bridgehead atoms. The third-order valence-corrected chi connectivity index (χ3v) is 0.921. The van der Waals surface area contributed by atoms with Crippen molar-refractivity contribution in [1.29, 1.82) is 0 Å². The second-order valence-electron chi connectivity index (χ2n) is 1.75. The molecule has 0 aromatic carbocycles. The normalized spacial score (nSPS) is 12.8. The molecule has 0 aromatic rings. The molecule has 0 radical (unpaired) electrons. The Morgan fingerprint density at radius 2 is 2.50 bits per heavy atom. The molecule has 0 aliphatic heterocycles. The lowest BCUT2D eigenvalue weighted by molar-refractivity contribution is -0.138. The van der Waals surface area contributed by atoms with Gasteiger partial charge in [0.25, 0.3) is 0 Å². The highest BCUT2D eigenvalue weighted by Gasteiger charge is 2.07. The van der Waals surface area contributed by atoms with Crippen LogP contribution in [0.15, 0.2) is 12.2 Å². The number of rotatable bonds is 3. The van der Waals surface area contributed by atoms with Gasteiger partial charge in [0.1, 0.15) is 6.04 Å². The minimum absolute atomic E-state index is 0.277. The maximum absolute atomic E-state index is 10.1. The molecular weight excluding hydrogens is 130 g/mol. The first-order valence-electron chi connectivity index (χ1n) is 2.78. The second kappa shape index (κ2) is 4.59. The van der Waals surface area contributed by atoms with Crippen molar-refractivity contribution in [2.24, 2.45) is 5.73 Å². The van der Waals surface area contributed by atoms with Crippen molar-refractivity contribution in [3.63, 3.8) is 0 Å². The number of hydrogen-bond donors (Lipinski definition) is 2. The van der Waals surface area contributed by atoms with Gasteiger partial charge in [-0.15, -0.1) is 6.42 Å². The summed E-state index contributed by atoms with van der Waals surface area (Å²) < 4.78 is 0. The molecule has 1 atom stereocenters. The summed E-state index contributed by atoms with van der Waals surface area (Å²) in [5.41, 5.74) is 5.14. The van der Waals surface area contributed by atoms with Gasteiger partial charge >= 0.3 is 5.97 Å². The van der Waals surface area contributed by atoms with Crippen LogP contribution in [0.5, 0.6) is 0 Å². The van der Waals surface area contributed by atoms with Crippen LogP contribution in [0.25, 0.3) is 0 Å². The summed E-state index contributed by atoms with van der Waals surface area (Å²) in [7, 11) is 0. The van der Waals surface area contributed by atoms with Crippen LogP contribution in [0.3, 0.4) is 0 Å². The summed E-state index contributed by atoms with van der Waals surface area (Å²) >= 11 is 0. The number of carbonyl (C=O) groups is 1. The van der Waals surface area contributed by atoms with Gasteiger partial charge in [-0.3, -0.25) is 4.79 Å². The largest absolute Gasteiger partial charge is 0.480 e. The summed E-state index contributed by atoms with van der Waals surface area (Å²) in [5.74, 6) is 1.22. The van der Waals surface area contributed by atoms with Crippen LogP contribution in [-0.2, 0) is 4.79 Å². The zero-order valence-electron chi connectivity index (χ0n) is 5.45. The van der Waals surface area contributed by atoms with Gasteiger partial charge in [0.2, 0.25) is 0 Å². The fraction of sp³-hybridized carbons (Fsp3) is 0.286. The first kappa shape index (κ1) is 8.73. The number of nitrogens with two attached hydrogens (primary N) is 1. The van der Waals surface area contributed by atoms with E-state index in [-0.39, 0.29) is 6.42 Å². The maximum Gasteiger partial charge on any atom is 0.320 e. The van der Waals surface area contributed by atoms with Crippen LogP contribution in [0.2, 0.25) is 0 Å². The van der Waals surface area contributed by atoms with E-state index in [9.17, 15) is 4.79 Å². The predicted molar refractivity (Wildman–Crippen MR) is 38.2 cm³/mol. The minimum Gasteiger partial charge on any atom is -0.480 e. The van der Waals surface area contributed by atoms with Crippen molar-refractivity contribution in [2.45, 2.75) is 12.5 Å². The van der Waals surface area contributed by atoms with Crippen LogP contribution >= 0.6 is 0 Å². The van der Waals surface area contributed by atoms with Crippen molar-refractivity contribution >= 4 is 5.97 Å². The Morgan fingerprint density at radius 1 is 1.90 bits per heavy atom. The molecule has 54 valence electrons. The molecule has 0 spiro atoms. The Balaban J connectivity index is 3.61. The lowest BCUT2D eigenvalue weighted by atomic mass is 10.2. The summed E-state index contributed by atoms with van der Waals surface area (Å²) in [6, 6.07) is -0.843. The smallest absolute Gasteiger partial charge is 0.320 e. The second-order valence-corrected chi connectivity index (χ2v) is 1.75. The zero-order valence-corrected chi connectivity index (χ0v) is 5.45. The highest BCUT2D eigenvalue weighted by Crippen LogP contribution is 1.88. The molecule has 0 aliphatic carbocycles. The van der Waals surface area contributed by atoms with Crippen molar-refractivity contribution in [3.8, 4) is 12.3 Å². The SMILES string of the molecule is C#C/C=C/CC(N)C(=O)O. The molecule has 10 heavy (non-hydrogen) atoms. The Morgan fingerprint density at radius 3 is 2.90 bits per heavy atom. The van der Waals surface area contributed by atoms with E-state index in [0.717, 1.165) is 0 Å². The quantitative estimate of drug-likeness (QED) is 0.540. The fourth-order valence-corrected chi connectivity index (χ4v) is 0.384. The number of allylic oxidation sites excluding steroid dienone is 1. The third-order valence-electron chi connectivity index (χ3n) is 0.921. The Labute approximate surface area is 59.5 Å². The van der Waals surface area contributed by atoms with E-state index in [1.54, 1.807) is 6.08 Å². The molecule has 3 nitrogen and oxygen atoms in total. The monoisotopic (exact) mass is 139 g/mol. The van der Waals surface area contributed by atoms with Crippen LogP contribution in [0.4, 0.5) is 0 Å². The molecule has 0 aliphatic rings. The van der Waals surface area contributed by atoms with E-state index in [1.807, 2.05) is 0 Å². The lowest BCUT2D eigenvalue weighted by Crippen LogP contribution is -2.29. The molecule has 0 heterocycles. The van der Waals surface area contributed by atoms with E-state index in [2.05, 4.69) is 5.92 Å². The molecule has 0 rings (SSSR count). The molecule has 0 fully saturated rings. The van der Waals surface area contributed by atoms with Gasteiger partial charge in [-0.05, 0) is 12.5 Å². The third kappa shape index (κ3) is 3.70. The van der Waals surface area contributed by atoms with Crippen molar-refractivity contribution < 1.29 is 9.90 Å². The zero-order chi connectivity index (χ0) is 7.98. The molecule has 0 aromatic heterocycles. The lowest BCUT2D eigenvalue weighted by Gasteiger charge is -1.98. The number of terminal acetylenes is 1. The standard InChI is InChI=1S/C7H9NO2/c1-2-3-4-5-6(8)7(9)10/h1,3-4,6H,5,8H2,(H,9,10)/b4-3+. The molecule has 0 saturated heterocycles. The summed E-state index contributed by atoms with van der Waals surface area (Å²) in [6.07, 6.45) is 8.13. The van der Waals surface area contributed by atoms with E-state index in [1.165, 1.54) is 6.08 Å². The van der Waals surface area contributed by atoms with Crippen molar-refractivity contribution in [3.05, 3.63) is 12.2 Å². The molecule has 3 N–H and O–H groups in total. The van der Waals surface area contributed by atoms with Gasteiger partial charge in [0.05, 0.1) is 0 Å². The van der Waals surface area contributed by atoms with Gasteiger partial charge in [-0.1, -0.05) is 12.0 Å². The first-order chi connectivity index (χ1) is 4.68. The number of carboxylic acids is 1. The number of hydrogen-bond acceptors (Lipinski definition) is 2. The van der Waals surface area contributed by atoms with Gasteiger partial charge in [0.15, 0.2) is 0 Å². The van der Waals surface area contributed by atoms with E-state index < -0.39 is 12.0 Å². The average molecular weight is 139 g/mol. The van der Waals surface area contributed by atoms with E-state index in [4.69, 9.17) is 17.3 Å². The Kier molecular flexibility index (Phi) is 4.01. The Bertz CT molecular complexity index is 179. The fourth-order valence-electron chi connectivity index (χ4n) is 0.384. The molecule has 3 heteroatoms. The van der Waals surface area contributed by atoms with Gasteiger partial charge in [-0.25, -0.2) is 0 Å². The van der Waals surface area contributed by atoms with Crippen molar-refractivity contribution in [1.82, 2.24) is 0 Å². The predicted octanol–water partition coefficient (Wildman–Crippen LogP) is -0.0222. The van der Waals surface area contributed by atoms with E-state index >= 15 is 0 Å². The highest BCUT2D eigenvalue weighted by atomic mass is 16.4. The molecule has 0 amide bonds. The number of aliphatic carboxylic acids is 1. The van der Waals surface area contributed by atoms with Crippen LogP contribution in [-0.4, -0.2) is 17.1 Å². The molecule has 0 saturated carbocycles. The summed E-state index contributed by atoms with van der Waals surface area (Å²) in [5, 5.41) is 8.27. The molecule has 1 unspecified atom stereocenters. The maximum atomic E-state index is 10.1. The van der Waals surface area contributed by atoms with Gasteiger partial charge < -0.3 is 10.8 Å². The van der Waals surface area contributed by atoms with E-state index in [0.29, 0.717) is 0 Å². The minimum atomic E-state index is -1.01. The number of carboxylic acid groups (broad SMARTS) is 1. The van der Waals surface area contributed by atoms with Gasteiger partial charge in [-0.2, -0.15) is 0 Å². The summed E-state index contributed by atoms with van der Waals surface area (Å²) in [4.78, 5) is 10.1. The first-order valence-corrected chi connectivity index (χ1v) is 2.78. The van der Waals surface area contributed by atoms with Gasteiger partial charge in [0, 0.05) is 0 Å². The van der Waals surface area contributed by atoms with Crippen molar-refractivity contribution in [2.75, 3.05) is 0 Å². The Hall–Kier alpha value is -1.27. The summed E-state index contributed by atoms with van der Waals surface area (Å²) in [6.45, 7) is 0. The topological polar surface area (TPSA) is 63.3 Å². The average Bonchev–Trinajstić information content (AvgIpc) is 1.88. The van der Waals surface area contributed by atoms with Crippen LogP contribution in [0.1, 0.15) is 6.42 Å².